The van der Waals surface area contributed by atoms with Gasteiger partial charge in [0.25, 0.3) is 0 Å². The third kappa shape index (κ3) is 3.77. The number of allylic oxidation sites excluding steroid dienone is 3. The lowest BCUT2D eigenvalue weighted by atomic mass is 10.1. The van der Waals surface area contributed by atoms with E-state index >= 15 is 0 Å². The number of rotatable bonds is 2. The summed E-state index contributed by atoms with van der Waals surface area (Å²) in [5.41, 5.74) is 2.62. The molecule has 0 spiro atoms. The van der Waals surface area contributed by atoms with Gasteiger partial charge in [-0.3, -0.25) is 0 Å². The molecule has 0 aromatic heterocycles. The summed E-state index contributed by atoms with van der Waals surface area (Å²) in [5.74, 6) is -0.199. The highest BCUT2D eigenvalue weighted by molar-refractivity contribution is 5.82. The lowest BCUT2D eigenvalue weighted by molar-refractivity contribution is -0.137. The Morgan fingerprint density at radius 1 is 1.57 bits per heavy atom. The highest BCUT2D eigenvalue weighted by Crippen LogP contribution is 2.21. The maximum absolute atomic E-state index is 11.2. The summed E-state index contributed by atoms with van der Waals surface area (Å²) >= 11 is 0. The van der Waals surface area contributed by atoms with Gasteiger partial charge >= 0.3 is 5.97 Å². The fraction of sp³-hybridized carbons (Fsp3) is 0.583. The maximum Gasteiger partial charge on any atom is 0.330 e. The van der Waals surface area contributed by atoms with Crippen molar-refractivity contribution < 1.29 is 9.53 Å². The van der Waals surface area contributed by atoms with Crippen LogP contribution in [0.4, 0.5) is 0 Å². The van der Waals surface area contributed by atoms with Gasteiger partial charge in [0.1, 0.15) is 0 Å². The third-order valence-electron chi connectivity index (χ3n) is 2.39. The molecule has 2 heteroatoms. The Labute approximate surface area is 85.6 Å². The molecular weight excluding hydrogens is 176 g/mol. The van der Waals surface area contributed by atoms with Gasteiger partial charge < -0.3 is 4.74 Å². The Morgan fingerprint density at radius 2 is 2.36 bits per heavy atom. The van der Waals surface area contributed by atoms with Crippen molar-refractivity contribution in [1.29, 1.82) is 0 Å². The molecule has 0 aromatic rings. The van der Waals surface area contributed by atoms with E-state index in [1.54, 1.807) is 6.08 Å². The molecule has 1 aliphatic carbocycles. The molecule has 2 nitrogen and oxygen atoms in total. The zero-order valence-electron chi connectivity index (χ0n) is 9.01. The predicted molar refractivity (Wildman–Crippen MR) is 56.9 cm³/mol. The molecule has 0 N–H and O–H groups in total. The Balaban J connectivity index is 2.55. The summed E-state index contributed by atoms with van der Waals surface area (Å²) in [4.78, 5) is 11.2. The van der Waals surface area contributed by atoms with Crippen molar-refractivity contribution >= 4 is 5.97 Å². The number of carbonyl (C=O) groups excluding carboxylic acids is 1. The van der Waals surface area contributed by atoms with Crippen molar-refractivity contribution in [3.63, 3.8) is 0 Å². The minimum atomic E-state index is -0.199. The van der Waals surface area contributed by atoms with Crippen molar-refractivity contribution in [2.24, 2.45) is 0 Å². The molecule has 1 rings (SSSR count). The van der Waals surface area contributed by atoms with E-state index in [0.29, 0.717) is 6.61 Å². The van der Waals surface area contributed by atoms with Gasteiger partial charge in [-0.1, -0.05) is 17.2 Å². The lowest BCUT2D eigenvalue weighted by Crippen LogP contribution is -2.00. The van der Waals surface area contributed by atoms with Crippen LogP contribution in [-0.4, -0.2) is 12.6 Å². The average Bonchev–Trinajstić information content (AvgIpc) is 2.32. The Bertz CT molecular complexity index is 261. The van der Waals surface area contributed by atoms with Gasteiger partial charge in [0.05, 0.1) is 6.61 Å². The molecule has 0 amide bonds. The van der Waals surface area contributed by atoms with Crippen LogP contribution in [0.1, 0.15) is 39.5 Å². The Kier molecular flexibility index (Phi) is 4.44. The van der Waals surface area contributed by atoms with Crippen molar-refractivity contribution in [3.8, 4) is 0 Å². The summed E-state index contributed by atoms with van der Waals surface area (Å²) in [6.07, 6.45) is 8.09. The van der Waals surface area contributed by atoms with Crippen LogP contribution in [0.3, 0.4) is 0 Å². The van der Waals surface area contributed by atoms with E-state index in [-0.39, 0.29) is 5.97 Å². The number of ether oxygens (including phenoxy) is 1. The number of hydrogen-bond donors (Lipinski definition) is 0. The van der Waals surface area contributed by atoms with Crippen LogP contribution in [0.25, 0.3) is 0 Å². The maximum atomic E-state index is 11.2. The van der Waals surface area contributed by atoms with Crippen LogP contribution in [0.15, 0.2) is 23.3 Å². The normalized spacial score (nSPS) is 20.1. The molecule has 0 saturated heterocycles. The van der Waals surface area contributed by atoms with E-state index < -0.39 is 0 Å². The van der Waals surface area contributed by atoms with Crippen molar-refractivity contribution in [2.45, 2.75) is 39.5 Å². The van der Waals surface area contributed by atoms with Crippen LogP contribution in [-0.2, 0) is 9.53 Å². The van der Waals surface area contributed by atoms with Gasteiger partial charge in [-0.05, 0) is 39.5 Å². The zero-order valence-corrected chi connectivity index (χ0v) is 9.01. The van der Waals surface area contributed by atoms with Crippen molar-refractivity contribution in [2.75, 3.05) is 6.61 Å². The lowest BCUT2D eigenvalue weighted by Gasteiger charge is -2.01. The van der Waals surface area contributed by atoms with Gasteiger partial charge in [0.2, 0.25) is 0 Å². The standard InChI is InChI=1S/C12H18O2/c1-3-14-12(13)9-11-6-4-5-10(2)7-8-11/h7,9H,3-6,8H2,1-2H3/b11-9+. The van der Waals surface area contributed by atoms with E-state index in [1.807, 2.05) is 6.92 Å². The van der Waals surface area contributed by atoms with Crippen molar-refractivity contribution in [3.05, 3.63) is 23.3 Å². The molecule has 0 saturated carbocycles. The average molecular weight is 194 g/mol. The molecule has 0 atom stereocenters. The van der Waals surface area contributed by atoms with Crippen molar-refractivity contribution in [1.82, 2.24) is 0 Å². The molecule has 0 aliphatic heterocycles. The minimum Gasteiger partial charge on any atom is -0.463 e. The van der Waals surface area contributed by atoms with Crippen LogP contribution in [0, 0.1) is 0 Å². The van der Waals surface area contributed by atoms with Gasteiger partial charge in [-0.25, -0.2) is 4.79 Å². The van der Waals surface area contributed by atoms with E-state index in [1.165, 1.54) is 11.1 Å². The monoisotopic (exact) mass is 194 g/mol. The second-order valence-corrected chi connectivity index (χ2v) is 3.66. The number of esters is 1. The molecule has 0 aromatic carbocycles. The van der Waals surface area contributed by atoms with E-state index in [9.17, 15) is 4.79 Å². The molecule has 0 fully saturated rings. The quantitative estimate of drug-likeness (QED) is 0.384. The van der Waals surface area contributed by atoms with Crippen LogP contribution < -0.4 is 0 Å². The molecule has 14 heavy (non-hydrogen) atoms. The van der Waals surface area contributed by atoms with E-state index in [2.05, 4.69) is 13.0 Å². The molecule has 0 heterocycles. The first-order valence-electron chi connectivity index (χ1n) is 5.24. The summed E-state index contributed by atoms with van der Waals surface area (Å²) in [7, 11) is 0. The number of carbonyl (C=O) groups is 1. The fourth-order valence-corrected chi connectivity index (χ4v) is 1.59. The van der Waals surface area contributed by atoms with Gasteiger partial charge in [-0.2, -0.15) is 0 Å². The Hall–Kier alpha value is -1.05. The molecular formula is C12H18O2. The van der Waals surface area contributed by atoms with Crippen LogP contribution >= 0.6 is 0 Å². The first kappa shape index (κ1) is 11.0. The highest BCUT2D eigenvalue weighted by atomic mass is 16.5. The molecule has 78 valence electrons. The molecule has 0 radical (unpaired) electrons. The highest BCUT2D eigenvalue weighted by Gasteiger charge is 2.05. The first-order valence-corrected chi connectivity index (χ1v) is 5.24. The SMILES string of the molecule is CCOC(=O)/C=C1/CC=C(C)CCC1. The molecule has 1 aliphatic rings. The van der Waals surface area contributed by atoms with E-state index in [0.717, 1.165) is 25.7 Å². The molecule has 0 unspecified atom stereocenters. The first-order chi connectivity index (χ1) is 6.72. The van der Waals surface area contributed by atoms with E-state index in [4.69, 9.17) is 4.74 Å². The van der Waals surface area contributed by atoms with Crippen LogP contribution in [0.2, 0.25) is 0 Å². The third-order valence-corrected chi connectivity index (χ3v) is 2.39. The number of hydrogen-bond acceptors (Lipinski definition) is 2. The van der Waals surface area contributed by atoms with Crippen LogP contribution in [0.5, 0.6) is 0 Å². The smallest absolute Gasteiger partial charge is 0.330 e. The summed E-state index contributed by atoms with van der Waals surface area (Å²) in [6.45, 7) is 4.43. The topological polar surface area (TPSA) is 26.3 Å². The molecule has 0 bridgehead atoms. The van der Waals surface area contributed by atoms with Gasteiger partial charge in [-0.15, -0.1) is 0 Å². The summed E-state index contributed by atoms with van der Waals surface area (Å²) in [5, 5.41) is 0. The van der Waals surface area contributed by atoms with Gasteiger partial charge in [0.15, 0.2) is 0 Å². The zero-order chi connectivity index (χ0) is 10.4. The predicted octanol–water partition coefficient (Wildman–Crippen LogP) is 3.00. The summed E-state index contributed by atoms with van der Waals surface area (Å²) < 4.78 is 4.88. The second-order valence-electron chi connectivity index (χ2n) is 3.66. The second kappa shape index (κ2) is 5.63. The van der Waals surface area contributed by atoms with Gasteiger partial charge in [0, 0.05) is 6.08 Å². The largest absolute Gasteiger partial charge is 0.463 e. The fourth-order valence-electron chi connectivity index (χ4n) is 1.59. The Morgan fingerprint density at radius 3 is 3.07 bits per heavy atom. The minimum absolute atomic E-state index is 0.199. The summed E-state index contributed by atoms with van der Waals surface area (Å²) in [6, 6.07) is 0.